The number of hydrogen-bond donors (Lipinski definition) is 0. The van der Waals surface area contributed by atoms with Crippen LogP contribution >= 0.6 is 0 Å². The summed E-state index contributed by atoms with van der Waals surface area (Å²) in [7, 11) is 5.87. The highest BCUT2D eigenvalue weighted by Gasteiger charge is 2.27. The van der Waals surface area contributed by atoms with E-state index in [4.69, 9.17) is 0 Å². The van der Waals surface area contributed by atoms with E-state index in [1.165, 1.54) is 39.0 Å². The van der Waals surface area contributed by atoms with Gasteiger partial charge in [-0.05, 0) is 19.9 Å². The number of piperidine rings is 1. The highest BCUT2D eigenvalue weighted by atomic mass is 16.2. The largest absolute Gasteiger partial charge is 0.348 e. The molecule has 0 saturated carbocycles. The normalized spacial score (nSPS) is 24.6. The first-order chi connectivity index (χ1) is 9.06. The minimum absolute atomic E-state index is 0.220. The summed E-state index contributed by atoms with van der Waals surface area (Å²) in [6.07, 6.45) is 2.43. The maximum absolute atomic E-state index is 11.7. The summed E-state index contributed by atoms with van der Waals surface area (Å²) >= 11 is 0. The van der Waals surface area contributed by atoms with E-state index in [2.05, 4.69) is 21.7 Å². The van der Waals surface area contributed by atoms with Crippen LogP contribution in [0.4, 0.5) is 0 Å². The molecule has 110 valence electrons. The molecule has 2 aliphatic heterocycles. The van der Waals surface area contributed by atoms with Crippen LogP contribution in [-0.4, -0.2) is 98.5 Å². The van der Waals surface area contributed by atoms with Gasteiger partial charge in [-0.1, -0.05) is 0 Å². The molecule has 0 aromatic heterocycles. The Labute approximate surface area is 117 Å². The number of amides is 1. The molecule has 0 N–H and O–H groups in total. The van der Waals surface area contributed by atoms with Crippen molar-refractivity contribution >= 4 is 5.91 Å². The van der Waals surface area contributed by atoms with Gasteiger partial charge in [-0.25, -0.2) is 0 Å². The Morgan fingerprint density at radius 3 is 2.16 bits per heavy atom. The van der Waals surface area contributed by atoms with Crippen molar-refractivity contribution < 1.29 is 4.79 Å². The molecular formula is C14H28N4O. The number of carbonyl (C=O) groups excluding carboxylic acids is 1. The fourth-order valence-electron chi connectivity index (χ4n) is 2.96. The van der Waals surface area contributed by atoms with Gasteiger partial charge < -0.3 is 9.80 Å². The van der Waals surface area contributed by atoms with Crippen LogP contribution in [0.15, 0.2) is 0 Å². The van der Waals surface area contributed by atoms with Crippen LogP contribution in [0.25, 0.3) is 0 Å². The lowest BCUT2D eigenvalue weighted by Crippen LogP contribution is -2.53. The summed E-state index contributed by atoms with van der Waals surface area (Å²) in [5.74, 6) is 0.220. The van der Waals surface area contributed by atoms with Gasteiger partial charge in [0.05, 0.1) is 6.54 Å². The van der Waals surface area contributed by atoms with Crippen LogP contribution in [0.3, 0.4) is 0 Å². The number of rotatable bonds is 3. The Hall–Kier alpha value is -0.650. The van der Waals surface area contributed by atoms with Crippen molar-refractivity contribution in [2.24, 2.45) is 0 Å². The van der Waals surface area contributed by atoms with Crippen molar-refractivity contribution in [3.8, 4) is 0 Å². The van der Waals surface area contributed by atoms with E-state index in [9.17, 15) is 4.79 Å². The van der Waals surface area contributed by atoms with Crippen LogP contribution in [0.5, 0.6) is 0 Å². The van der Waals surface area contributed by atoms with Crippen molar-refractivity contribution in [3.05, 3.63) is 0 Å². The number of nitrogens with zero attached hydrogens (tertiary/aromatic N) is 4. The number of piperazine rings is 1. The fraction of sp³-hybridized carbons (Fsp3) is 0.929. The number of hydrogen-bond acceptors (Lipinski definition) is 4. The minimum Gasteiger partial charge on any atom is -0.348 e. The molecule has 0 aromatic rings. The molecule has 0 atom stereocenters. The molecule has 0 bridgehead atoms. The second-order valence-corrected chi connectivity index (χ2v) is 6.13. The van der Waals surface area contributed by atoms with E-state index in [1.807, 2.05) is 14.1 Å². The first-order valence-corrected chi connectivity index (χ1v) is 7.41. The van der Waals surface area contributed by atoms with Gasteiger partial charge in [-0.15, -0.1) is 0 Å². The predicted octanol–water partition coefficient (Wildman–Crippen LogP) is -0.214. The van der Waals surface area contributed by atoms with Crippen molar-refractivity contribution in [3.63, 3.8) is 0 Å². The fourth-order valence-corrected chi connectivity index (χ4v) is 2.96. The Morgan fingerprint density at radius 2 is 1.63 bits per heavy atom. The van der Waals surface area contributed by atoms with Gasteiger partial charge in [0.15, 0.2) is 0 Å². The van der Waals surface area contributed by atoms with Crippen LogP contribution < -0.4 is 0 Å². The molecule has 2 saturated heterocycles. The highest BCUT2D eigenvalue weighted by molar-refractivity contribution is 5.77. The SMILES string of the molecule is CN1CCN(C2CCN(CC(=O)N(C)C)CC2)CC1. The first kappa shape index (κ1) is 14.8. The number of likely N-dealkylation sites (tertiary alicyclic amines) is 1. The molecule has 19 heavy (non-hydrogen) atoms. The van der Waals surface area contributed by atoms with E-state index >= 15 is 0 Å². The lowest BCUT2D eigenvalue weighted by atomic mass is 10.0. The molecule has 0 unspecified atom stereocenters. The first-order valence-electron chi connectivity index (χ1n) is 7.41. The molecule has 2 fully saturated rings. The van der Waals surface area contributed by atoms with Gasteiger partial charge in [0, 0.05) is 59.4 Å². The molecule has 2 rings (SSSR count). The molecule has 2 heterocycles. The molecule has 0 spiro atoms. The summed E-state index contributed by atoms with van der Waals surface area (Å²) in [5, 5.41) is 0. The Morgan fingerprint density at radius 1 is 1.05 bits per heavy atom. The molecule has 2 aliphatic rings. The zero-order chi connectivity index (χ0) is 13.8. The summed E-state index contributed by atoms with van der Waals surface area (Å²) in [6.45, 7) is 7.52. The number of likely N-dealkylation sites (N-methyl/N-ethyl adjacent to an activating group) is 2. The lowest BCUT2D eigenvalue weighted by molar-refractivity contribution is -0.130. The van der Waals surface area contributed by atoms with Crippen LogP contribution in [0.1, 0.15) is 12.8 Å². The Balaban J connectivity index is 1.72. The van der Waals surface area contributed by atoms with Crippen molar-refractivity contribution in [2.45, 2.75) is 18.9 Å². The summed E-state index contributed by atoms with van der Waals surface area (Å²) in [4.78, 5) is 20.7. The van der Waals surface area contributed by atoms with Crippen LogP contribution in [-0.2, 0) is 4.79 Å². The molecule has 0 aromatic carbocycles. The Bertz CT molecular complexity index is 292. The second kappa shape index (κ2) is 6.68. The smallest absolute Gasteiger partial charge is 0.236 e. The van der Waals surface area contributed by atoms with E-state index in [1.54, 1.807) is 4.90 Å². The van der Waals surface area contributed by atoms with E-state index in [0.29, 0.717) is 6.54 Å². The average Bonchev–Trinajstić information content (AvgIpc) is 2.40. The third-order valence-electron chi connectivity index (χ3n) is 4.47. The molecule has 0 aliphatic carbocycles. The van der Waals surface area contributed by atoms with Crippen molar-refractivity contribution in [1.82, 2.24) is 19.6 Å². The van der Waals surface area contributed by atoms with E-state index < -0.39 is 0 Å². The third kappa shape index (κ3) is 4.16. The topological polar surface area (TPSA) is 30.0 Å². The van der Waals surface area contributed by atoms with E-state index in [-0.39, 0.29) is 5.91 Å². The monoisotopic (exact) mass is 268 g/mol. The predicted molar refractivity (Wildman–Crippen MR) is 77.2 cm³/mol. The molecule has 5 nitrogen and oxygen atoms in total. The van der Waals surface area contributed by atoms with Gasteiger partial charge in [0.1, 0.15) is 0 Å². The van der Waals surface area contributed by atoms with E-state index in [0.717, 1.165) is 19.1 Å². The molecule has 5 heteroatoms. The molecular weight excluding hydrogens is 240 g/mol. The average molecular weight is 268 g/mol. The number of carbonyl (C=O) groups is 1. The van der Waals surface area contributed by atoms with Crippen LogP contribution in [0, 0.1) is 0 Å². The maximum Gasteiger partial charge on any atom is 0.236 e. The Kier molecular flexibility index (Phi) is 5.19. The maximum atomic E-state index is 11.7. The molecule has 1 amide bonds. The standard InChI is InChI=1S/C14H28N4O/c1-15(2)14(19)12-17-6-4-13(5-7-17)18-10-8-16(3)9-11-18/h13H,4-12H2,1-3H3. The van der Waals surface area contributed by atoms with Gasteiger partial charge >= 0.3 is 0 Å². The second-order valence-electron chi connectivity index (χ2n) is 6.13. The summed E-state index contributed by atoms with van der Waals surface area (Å²) in [5.41, 5.74) is 0. The quantitative estimate of drug-likeness (QED) is 0.708. The summed E-state index contributed by atoms with van der Waals surface area (Å²) in [6, 6.07) is 0.736. The van der Waals surface area contributed by atoms with Gasteiger partial charge in [0.25, 0.3) is 0 Å². The van der Waals surface area contributed by atoms with Gasteiger partial charge in [-0.3, -0.25) is 14.6 Å². The third-order valence-corrected chi connectivity index (χ3v) is 4.47. The lowest BCUT2D eigenvalue weighted by Gasteiger charge is -2.42. The molecule has 0 radical (unpaired) electrons. The summed E-state index contributed by atoms with van der Waals surface area (Å²) < 4.78 is 0. The highest BCUT2D eigenvalue weighted by Crippen LogP contribution is 2.17. The van der Waals surface area contributed by atoms with Gasteiger partial charge in [0.2, 0.25) is 5.91 Å². The minimum atomic E-state index is 0.220. The zero-order valence-corrected chi connectivity index (χ0v) is 12.6. The zero-order valence-electron chi connectivity index (χ0n) is 12.6. The van der Waals surface area contributed by atoms with Gasteiger partial charge in [-0.2, -0.15) is 0 Å². The van der Waals surface area contributed by atoms with Crippen molar-refractivity contribution in [2.75, 3.05) is 67.0 Å². The van der Waals surface area contributed by atoms with Crippen molar-refractivity contribution in [1.29, 1.82) is 0 Å². The van der Waals surface area contributed by atoms with Crippen LogP contribution in [0.2, 0.25) is 0 Å².